The summed E-state index contributed by atoms with van der Waals surface area (Å²) in [7, 11) is 0. The molecule has 3 nitrogen and oxygen atoms in total. The van der Waals surface area contributed by atoms with Gasteiger partial charge in [-0.3, -0.25) is 4.79 Å². The van der Waals surface area contributed by atoms with Gasteiger partial charge in [0.1, 0.15) is 0 Å². The van der Waals surface area contributed by atoms with Gasteiger partial charge in [0, 0.05) is 25.0 Å². The summed E-state index contributed by atoms with van der Waals surface area (Å²) in [6, 6.07) is 12.8. The lowest BCUT2D eigenvalue weighted by Gasteiger charge is -2.07. The molecule has 0 saturated carbocycles. The van der Waals surface area contributed by atoms with Gasteiger partial charge in [0.25, 0.3) is 5.91 Å². The van der Waals surface area contributed by atoms with Gasteiger partial charge >= 0.3 is 0 Å². The first kappa shape index (κ1) is 13.4. The summed E-state index contributed by atoms with van der Waals surface area (Å²) in [4.78, 5) is 12.0. The molecule has 0 fully saturated rings. The van der Waals surface area contributed by atoms with Crippen LogP contribution in [0.5, 0.6) is 0 Å². The van der Waals surface area contributed by atoms with E-state index < -0.39 is 0 Å². The van der Waals surface area contributed by atoms with Crippen molar-refractivity contribution in [2.45, 2.75) is 0 Å². The highest BCUT2D eigenvalue weighted by molar-refractivity contribution is 14.1. The highest BCUT2D eigenvalue weighted by atomic mass is 127. The zero-order valence-corrected chi connectivity index (χ0v) is 13.0. The Kier molecular flexibility index (Phi) is 4.23. The molecule has 3 N–H and O–H groups in total. The molecular weight excluding hydrogens is 407 g/mol. The number of nitrogen functional groups attached to an aromatic ring is 1. The Balaban J connectivity index is 2.19. The van der Waals surface area contributed by atoms with Gasteiger partial charge in [0.05, 0.1) is 0 Å². The summed E-state index contributed by atoms with van der Waals surface area (Å²) in [6.45, 7) is 0. The minimum atomic E-state index is -0.170. The molecule has 0 aliphatic heterocycles. The predicted molar refractivity (Wildman–Crippen MR) is 85.7 cm³/mol. The quantitative estimate of drug-likeness (QED) is 0.576. The number of rotatable bonds is 2. The van der Waals surface area contributed by atoms with Gasteiger partial charge in [0.2, 0.25) is 0 Å². The lowest BCUT2D eigenvalue weighted by Crippen LogP contribution is -2.12. The number of amides is 1. The minimum Gasteiger partial charge on any atom is -0.398 e. The Morgan fingerprint density at radius 3 is 2.67 bits per heavy atom. The number of benzene rings is 2. The molecule has 0 heterocycles. The van der Waals surface area contributed by atoms with Gasteiger partial charge in [0.15, 0.2) is 0 Å². The van der Waals surface area contributed by atoms with Crippen molar-refractivity contribution >= 4 is 55.8 Å². The molecule has 5 heteroatoms. The number of nitrogens with two attached hydrogens (primary N) is 1. The van der Waals surface area contributed by atoms with Crippen molar-refractivity contribution in [3.05, 3.63) is 56.1 Å². The molecule has 1 amide bonds. The van der Waals surface area contributed by atoms with E-state index in [1.54, 1.807) is 18.2 Å². The van der Waals surface area contributed by atoms with Crippen LogP contribution in [0.4, 0.5) is 11.4 Å². The average Bonchev–Trinajstić information content (AvgIpc) is 2.32. The maximum Gasteiger partial charge on any atom is 0.255 e. The first-order valence-electron chi connectivity index (χ1n) is 5.18. The number of carbonyl (C=O) groups is 1. The molecule has 0 saturated heterocycles. The van der Waals surface area contributed by atoms with Crippen molar-refractivity contribution < 1.29 is 4.79 Å². The average molecular weight is 417 g/mol. The van der Waals surface area contributed by atoms with Gasteiger partial charge in [-0.15, -0.1) is 0 Å². The number of hydrogen-bond donors (Lipinski definition) is 2. The first-order valence-corrected chi connectivity index (χ1v) is 7.05. The molecule has 0 aromatic heterocycles. The summed E-state index contributed by atoms with van der Waals surface area (Å²) in [5, 5.41) is 2.83. The summed E-state index contributed by atoms with van der Waals surface area (Å²) in [6.07, 6.45) is 0. The largest absolute Gasteiger partial charge is 0.398 e. The fourth-order valence-corrected chi connectivity index (χ4v) is 2.24. The van der Waals surface area contributed by atoms with Crippen LogP contribution in [0.25, 0.3) is 0 Å². The van der Waals surface area contributed by atoms with Crippen molar-refractivity contribution in [3.63, 3.8) is 0 Å². The lowest BCUT2D eigenvalue weighted by molar-refractivity contribution is 0.102. The molecular formula is C13H10BrIN2O. The Labute approximate surface area is 127 Å². The number of hydrogen-bond acceptors (Lipinski definition) is 2. The van der Waals surface area contributed by atoms with Crippen LogP contribution in [0, 0.1) is 3.57 Å². The molecule has 92 valence electrons. The topological polar surface area (TPSA) is 55.1 Å². The van der Waals surface area contributed by atoms with Crippen molar-refractivity contribution in [2.24, 2.45) is 0 Å². The van der Waals surface area contributed by atoms with E-state index in [0.717, 1.165) is 13.7 Å². The van der Waals surface area contributed by atoms with Crippen LogP contribution in [-0.2, 0) is 0 Å². The van der Waals surface area contributed by atoms with Crippen LogP contribution < -0.4 is 11.1 Å². The maximum absolute atomic E-state index is 12.0. The molecule has 2 aromatic carbocycles. The normalized spacial score (nSPS) is 10.1. The zero-order chi connectivity index (χ0) is 13.1. The van der Waals surface area contributed by atoms with E-state index in [1.807, 2.05) is 24.3 Å². The third-order valence-corrected chi connectivity index (χ3v) is 3.73. The summed E-state index contributed by atoms with van der Waals surface area (Å²) < 4.78 is 1.86. The number of anilines is 2. The first-order chi connectivity index (χ1) is 8.56. The number of carbonyl (C=O) groups excluding carboxylic acids is 1. The van der Waals surface area contributed by atoms with E-state index in [-0.39, 0.29) is 5.91 Å². The summed E-state index contributed by atoms with van der Waals surface area (Å²) in [5.41, 5.74) is 7.60. The van der Waals surface area contributed by atoms with Crippen LogP contribution >= 0.6 is 38.5 Å². The Morgan fingerprint density at radius 1 is 1.22 bits per heavy atom. The smallest absolute Gasteiger partial charge is 0.255 e. The molecule has 2 aromatic rings. The number of halogens is 2. The van der Waals surface area contributed by atoms with Crippen LogP contribution in [-0.4, -0.2) is 5.91 Å². The highest BCUT2D eigenvalue weighted by Crippen LogP contribution is 2.21. The van der Waals surface area contributed by atoms with Crippen molar-refractivity contribution in [2.75, 3.05) is 11.1 Å². The monoisotopic (exact) mass is 416 g/mol. The Bertz CT molecular complexity index is 601. The molecule has 0 atom stereocenters. The molecule has 18 heavy (non-hydrogen) atoms. The van der Waals surface area contributed by atoms with Crippen LogP contribution in [0.15, 0.2) is 46.9 Å². The summed E-state index contributed by atoms with van der Waals surface area (Å²) in [5.74, 6) is -0.170. The third kappa shape index (κ3) is 3.23. The van der Waals surface area contributed by atoms with Gasteiger partial charge < -0.3 is 11.1 Å². The molecule has 0 aliphatic rings. The number of nitrogens with one attached hydrogen (secondary N) is 1. The van der Waals surface area contributed by atoms with E-state index >= 15 is 0 Å². The van der Waals surface area contributed by atoms with E-state index in [1.165, 1.54) is 0 Å². The molecule has 0 spiro atoms. The van der Waals surface area contributed by atoms with Crippen molar-refractivity contribution in [1.29, 1.82) is 0 Å². The van der Waals surface area contributed by atoms with Gasteiger partial charge in [-0.2, -0.15) is 0 Å². The minimum absolute atomic E-state index is 0.170. The molecule has 0 unspecified atom stereocenters. The van der Waals surface area contributed by atoms with Gasteiger partial charge in [-0.25, -0.2) is 0 Å². The Hall–Kier alpha value is -1.08. The van der Waals surface area contributed by atoms with E-state index in [0.29, 0.717) is 11.3 Å². The van der Waals surface area contributed by atoms with E-state index in [2.05, 4.69) is 43.8 Å². The SMILES string of the molecule is Nc1cc(C(=O)Nc2cccc(I)c2)ccc1Br. The van der Waals surface area contributed by atoms with Crippen LogP contribution in [0.2, 0.25) is 0 Å². The molecule has 0 aliphatic carbocycles. The highest BCUT2D eigenvalue weighted by Gasteiger charge is 2.07. The molecule has 0 radical (unpaired) electrons. The maximum atomic E-state index is 12.0. The van der Waals surface area contributed by atoms with E-state index in [9.17, 15) is 4.79 Å². The third-order valence-electron chi connectivity index (χ3n) is 2.34. The lowest BCUT2D eigenvalue weighted by atomic mass is 10.2. The standard InChI is InChI=1S/C13H10BrIN2O/c14-11-5-4-8(6-12(11)16)13(18)17-10-3-1-2-9(15)7-10/h1-7H,16H2,(H,17,18). The second-order valence-corrected chi connectivity index (χ2v) is 5.80. The van der Waals surface area contributed by atoms with Crippen LogP contribution in [0.3, 0.4) is 0 Å². The van der Waals surface area contributed by atoms with Gasteiger partial charge in [-0.1, -0.05) is 6.07 Å². The molecule has 2 rings (SSSR count). The fourth-order valence-electron chi connectivity index (χ4n) is 1.45. The summed E-state index contributed by atoms with van der Waals surface area (Å²) >= 11 is 5.50. The second-order valence-electron chi connectivity index (χ2n) is 3.70. The molecule has 0 bridgehead atoms. The van der Waals surface area contributed by atoms with Crippen molar-refractivity contribution in [3.8, 4) is 0 Å². The van der Waals surface area contributed by atoms with E-state index in [4.69, 9.17) is 5.73 Å². The fraction of sp³-hybridized carbons (Fsp3) is 0. The van der Waals surface area contributed by atoms with Crippen molar-refractivity contribution in [1.82, 2.24) is 0 Å². The second kappa shape index (κ2) is 5.71. The van der Waals surface area contributed by atoms with Gasteiger partial charge in [-0.05, 0) is 74.9 Å². The van der Waals surface area contributed by atoms with Crippen LogP contribution in [0.1, 0.15) is 10.4 Å². The zero-order valence-electron chi connectivity index (χ0n) is 9.28. The predicted octanol–water partition coefficient (Wildman–Crippen LogP) is 3.89. The Morgan fingerprint density at radius 2 is 2.00 bits per heavy atom.